The number of carbonyl (C=O) groups excluding carboxylic acids is 1. The third-order valence-electron chi connectivity index (χ3n) is 9.15. The number of nitrogens with one attached hydrogen (secondary N) is 2. The van der Waals surface area contributed by atoms with Crippen LogP contribution in [0.2, 0.25) is 0 Å². The summed E-state index contributed by atoms with van der Waals surface area (Å²) in [6.07, 6.45) is 4.33. The fraction of sp³-hybridized carbons (Fsp3) is 0.424. The number of hydroxylamine groups is 2. The van der Waals surface area contributed by atoms with Crippen molar-refractivity contribution in [2.24, 2.45) is 0 Å². The summed E-state index contributed by atoms with van der Waals surface area (Å²) in [5, 5.41) is 12.7. The number of benzene rings is 1. The van der Waals surface area contributed by atoms with Crippen molar-refractivity contribution >= 4 is 17.8 Å². The van der Waals surface area contributed by atoms with Gasteiger partial charge in [-0.25, -0.2) is 24.4 Å². The number of methoxy groups -OCH3 is 1. The van der Waals surface area contributed by atoms with E-state index in [1.54, 1.807) is 35.3 Å². The Morgan fingerprint density at radius 3 is 2.52 bits per heavy atom. The van der Waals surface area contributed by atoms with Gasteiger partial charge in [0.15, 0.2) is 0 Å². The zero-order valence-electron chi connectivity index (χ0n) is 27.1. The second kappa shape index (κ2) is 13.9. The first kappa shape index (κ1) is 32.0. The molecule has 3 aliphatic rings. The average molecular weight is 659 g/mol. The molecule has 7 rings (SSSR count). The van der Waals surface area contributed by atoms with E-state index in [-0.39, 0.29) is 0 Å². The van der Waals surface area contributed by atoms with Gasteiger partial charge in [-0.1, -0.05) is 18.2 Å². The van der Waals surface area contributed by atoms with E-state index in [9.17, 15) is 9.18 Å². The molecule has 3 aromatic heterocycles. The van der Waals surface area contributed by atoms with Crippen LogP contribution in [0.4, 0.5) is 21.0 Å². The maximum absolute atomic E-state index is 14.0. The van der Waals surface area contributed by atoms with E-state index < -0.39 is 24.1 Å². The highest BCUT2D eigenvalue weighted by atomic mass is 19.1. The molecule has 0 aliphatic carbocycles. The zero-order valence-corrected chi connectivity index (χ0v) is 27.1. The fourth-order valence-electron chi connectivity index (χ4n) is 6.51. The van der Waals surface area contributed by atoms with E-state index in [1.165, 1.54) is 12.3 Å². The Bertz CT molecular complexity index is 1710. The summed E-state index contributed by atoms with van der Waals surface area (Å²) in [7, 11) is 3.76. The second-order valence-corrected chi connectivity index (χ2v) is 12.3. The molecule has 4 aromatic rings. The first-order chi connectivity index (χ1) is 23.4. The molecule has 15 heteroatoms. The highest BCUT2D eigenvalue weighted by Gasteiger charge is 2.38. The zero-order chi connectivity index (χ0) is 33.2. The molecule has 252 valence electrons. The van der Waals surface area contributed by atoms with Gasteiger partial charge in [0.25, 0.3) is 0 Å². The predicted molar refractivity (Wildman–Crippen MR) is 175 cm³/mol. The number of halogens is 1. The van der Waals surface area contributed by atoms with Gasteiger partial charge in [-0.2, -0.15) is 14.6 Å². The van der Waals surface area contributed by atoms with Crippen LogP contribution in [-0.4, -0.2) is 119 Å². The van der Waals surface area contributed by atoms with Crippen LogP contribution in [0.15, 0.2) is 61.1 Å². The third kappa shape index (κ3) is 6.59. The van der Waals surface area contributed by atoms with Crippen molar-refractivity contribution < 1.29 is 23.5 Å². The number of hydrogen-bond donors (Lipinski definition) is 2. The maximum atomic E-state index is 14.0. The molecule has 0 saturated carbocycles. The topological polar surface area (TPSA) is 135 Å². The predicted octanol–water partition coefficient (Wildman–Crippen LogP) is 2.82. The van der Waals surface area contributed by atoms with Gasteiger partial charge in [0.1, 0.15) is 17.6 Å². The number of likely N-dealkylation sites (N-methyl/N-ethyl adjacent to an activating group) is 1. The molecular formula is C33H39FN10O4. The fourth-order valence-corrected chi connectivity index (χ4v) is 6.51. The van der Waals surface area contributed by atoms with Gasteiger partial charge < -0.3 is 19.7 Å². The van der Waals surface area contributed by atoms with E-state index in [2.05, 4.69) is 32.5 Å². The molecule has 48 heavy (non-hydrogen) atoms. The summed E-state index contributed by atoms with van der Waals surface area (Å²) in [5.41, 5.74) is 3.45. The van der Waals surface area contributed by atoms with Crippen LogP contribution < -0.4 is 15.5 Å². The number of rotatable bonds is 9. The van der Waals surface area contributed by atoms with Crippen LogP contribution in [-0.2, 0) is 14.3 Å². The number of anilines is 2. The molecule has 3 aliphatic heterocycles. The van der Waals surface area contributed by atoms with Gasteiger partial charge in [0, 0.05) is 63.0 Å². The van der Waals surface area contributed by atoms with E-state index in [0.717, 1.165) is 29.9 Å². The average Bonchev–Trinajstić information content (AvgIpc) is 3.64. The lowest BCUT2D eigenvalue weighted by molar-refractivity contribution is -0.154. The molecule has 2 N–H and O–H groups in total. The number of amides is 2. The van der Waals surface area contributed by atoms with E-state index in [1.807, 2.05) is 37.3 Å². The normalized spacial score (nSPS) is 23.0. The van der Waals surface area contributed by atoms with Crippen molar-refractivity contribution in [3.63, 3.8) is 0 Å². The molecule has 0 spiro atoms. The van der Waals surface area contributed by atoms with Crippen LogP contribution in [0.25, 0.3) is 16.9 Å². The number of fused-ring (bicyclic) bond motifs is 2. The van der Waals surface area contributed by atoms with E-state index in [4.69, 9.17) is 29.4 Å². The third-order valence-corrected chi connectivity index (χ3v) is 9.15. The summed E-state index contributed by atoms with van der Waals surface area (Å²) >= 11 is 0. The molecule has 3 saturated heterocycles. The lowest BCUT2D eigenvalue weighted by Crippen LogP contribution is -2.63. The lowest BCUT2D eigenvalue weighted by atomic mass is 10.0. The minimum atomic E-state index is -0.623. The molecule has 2 amide bonds. The molecule has 1 aromatic carbocycles. The van der Waals surface area contributed by atoms with Gasteiger partial charge >= 0.3 is 6.03 Å². The Morgan fingerprint density at radius 2 is 1.81 bits per heavy atom. The van der Waals surface area contributed by atoms with Crippen LogP contribution >= 0.6 is 0 Å². The van der Waals surface area contributed by atoms with Crippen molar-refractivity contribution in [1.82, 2.24) is 40.0 Å². The number of piperazine rings is 1. The Hall–Kier alpha value is -4.54. The summed E-state index contributed by atoms with van der Waals surface area (Å²) in [5.74, 6) is 0.539. The first-order valence-electron chi connectivity index (χ1n) is 16.0. The number of pyridine rings is 1. The van der Waals surface area contributed by atoms with Gasteiger partial charge in [-0.3, -0.25) is 15.1 Å². The molecule has 2 bridgehead atoms. The number of carbonyl (C=O) groups is 1. The molecule has 3 fully saturated rings. The minimum Gasteiger partial charge on any atom is -0.383 e. The van der Waals surface area contributed by atoms with Crippen LogP contribution in [0.5, 0.6) is 0 Å². The van der Waals surface area contributed by atoms with E-state index >= 15 is 0 Å². The number of nitrogens with zero attached hydrogens (tertiary/aromatic N) is 8. The van der Waals surface area contributed by atoms with Crippen LogP contribution in [0.1, 0.15) is 17.2 Å². The highest BCUT2D eigenvalue weighted by Crippen LogP contribution is 2.32. The van der Waals surface area contributed by atoms with Gasteiger partial charge in [0.2, 0.25) is 11.9 Å². The largest absolute Gasteiger partial charge is 0.383 e. The summed E-state index contributed by atoms with van der Waals surface area (Å²) < 4.78 is 26.7. The molecule has 4 atom stereocenters. The Kier molecular flexibility index (Phi) is 9.28. The molecule has 6 heterocycles. The first-order valence-corrected chi connectivity index (χ1v) is 16.0. The standard InChI is InChI=1S/C33H39FN10O4/c1-21-29(23-14-36-32(37-15-23)42-16-25-19-47-20-26(17-42)41(25)2)40-44(24-7-5-4-6-8-24)31(21)39-33(45)38-27-18-43(11-12-46-3)48-30(27)22-9-10-35-28(34)13-22/h4-10,13-15,25-27,30H,11-12,16-20H2,1-3H3,(H2,38,39,45)/t25-,26+,27-,30+/m1/s1. The van der Waals surface area contributed by atoms with Crippen molar-refractivity contribution in [2.75, 3.05) is 70.4 Å². The van der Waals surface area contributed by atoms with E-state index in [0.29, 0.717) is 68.0 Å². The van der Waals surface area contributed by atoms with Crippen molar-refractivity contribution in [3.05, 3.63) is 78.1 Å². The van der Waals surface area contributed by atoms with Crippen molar-refractivity contribution in [2.45, 2.75) is 31.2 Å². The smallest absolute Gasteiger partial charge is 0.320 e. The highest BCUT2D eigenvalue weighted by molar-refractivity contribution is 5.91. The number of ether oxygens (including phenoxy) is 2. The number of para-hydroxylation sites is 1. The van der Waals surface area contributed by atoms with Crippen LogP contribution in [0, 0.1) is 12.9 Å². The molecular weight excluding hydrogens is 619 g/mol. The lowest BCUT2D eigenvalue weighted by Gasteiger charge is -2.48. The molecule has 14 nitrogen and oxygen atoms in total. The van der Waals surface area contributed by atoms with Crippen molar-refractivity contribution in [3.8, 4) is 16.9 Å². The summed E-state index contributed by atoms with van der Waals surface area (Å²) in [6, 6.07) is 12.2. The monoisotopic (exact) mass is 658 g/mol. The summed E-state index contributed by atoms with van der Waals surface area (Å²) in [6.45, 7) is 6.18. The second-order valence-electron chi connectivity index (χ2n) is 12.3. The molecule has 0 unspecified atom stereocenters. The van der Waals surface area contributed by atoms with Gasteiger partial charge in [-0.05, 0) is 43.8 Å². The maximum Gasteiger partial charge on any atom is 0.320 e. The quantitative estimate of drug-likeness (QED) is 0.257. The minimum absolute atomic E-state index is 0.301. The van der Waals surface area contributed by atoms with Gasteiger partial charge in [-0.15, -0.1) is 0 Å². The Morgan fingerprint density at radius 1 is 1.06 bits per heavy atom. The van der Waals surface area contributed by atoms with Crippen LogP contribution in [0.3, 0.4) is 0 Å². The number of urea groups is 1. The number of hydrogen-bond acceptors (Lipinski definition) is 11. The summed E-state index contributed by atoms with van der Waals surface area (Å²) in [4.78, 5) is 37.5. The Labute approximate surface area is 277 Å². The number of morpholine rings is 1. The number of aromatic nitrogens is 5. The van der Waals surface area contributed by atoms with Crippen molar-refractivity contribution in [1.29, 1.82) is 0 Å². The Balaban J connectivity index is 1.13. The molecule has 0 radical (unpaired) electrons. The SMILES string of the molecule is COCCN1C[C@@H](NC(=O)Nc2c(C)c(-c3cnc(N4C[C@H]5COC[C@@H](C4)N5C)nc3)nn2-c2ccccc2)[C@H](c2ccnc(F)c2)O1. The van der Waals surface area contributed by atoms with Gasteiger partial charge in [0.05, 0.1) is 43.6 Å².